The van der Waals surface area contributed by atoms with E-state index in [-0.39, 0.29) is 24.8 Å². The fourth-order valence-corrected chi connectivity index (χ4v) is 2.92. The van der Waals surface area contributed by atoms with Crippen LogP contribution in [-0.4, -0.2) is 31.5 Å². The van der Waals surface area contributed by atoms with Gasteiger partial charge in [-0.2, -0.15) is 0 Å². The lowest BCUT2D eigenvalue weighted by Gasteiger charge is -2.20. The second kappa shape index (κ2) is 8.22. The number of carbonyl (C=O) groups excluding carboxylic acids is 3. The smallest absolute Gasteiger partial charge is 0.307 e. The third-order valence-electron chi connectivity index (χ3n) is 4.05. The van der Waals surface area contributed by atoms with Crippen molar-refractivity contribution in [3.63, 3.8) is 0 Å². The first-order valence-corrected chi connectivity index (χ1v) is 8.95. The van der Waals surface area contributed by atoms with Crippen LogP contribution in [0.15, 0.2) is 46.9 Å². The normalized spacial score (nSPS) is 13.6. The Morgan fingerprint density at radius 1 is 1.26 bits per heavy atom. The van der Waals surface area contributed by atoms with Crippen molar-refractivity contribution in [3.8, 4) is 5.75 Å². The molecule has 0 bridgehead atoms. The van der Waals surface area contributed by atoms with Crippen molar-refractivity contribution in [2.75, 3.05) is 19.0 Å². The number of rotatable bonds is 5. The van der Waals surface area contributed by atoms with Gasteiger partial charge in [0.05, 0.1) is 25.3 Å². The van der Waals surface area contributed by atoms with Crippen molar-refractivity contribution in [2.45, 2.75) is 12.5 Å². The molecule has 1 atom stereocenters. The van der Waals surface area contributed by atoms with E-state index in [0.717, 1.165) is 10.0 Å². The molecule has 2 N–H and O–H groups in total. The molecule has 0 fully saturated rings. The van der Waals surface area contributed by atoms with Crippen molar-refractivity contribution in [1.82, 2.24) is 5.32 Å². The SMILES string of the molecule is COC(=O)C[C@@H](NC(=O)c1ccc2c(c1)OCC(=O)N2)c1ccc(Br)cc1. The number of carbonyl (C=O) groups is 3. The molecule has 27 heavy (non-hydrogen) atoms. The molecule has 1 aliphatic rings. The number of nitrogens with one attached hydrogen (secondary N) is 2. The number of methoxy groups -OCH3 is 1. The van der Waals surface area contributed by atoms with Crippen LogP contribution < -0.4 is 15.4 Å². The minimum atomic E-state index is -0.547. The van der Waals surface area contributed by atoms with Crippen molar-refractivity contribution < 1.29 is 23.9 Å². The Balaban J connectivity index is 1.80. The summed E-state index contributed by atoms with van der Waals surface area (Å²) < 4.78 is 11.0. The number of halogens is 1. The van der Waals surface area contributed by atoms with Gasteiger partial charge in [-0.3, -0.25) is 14.4 Å². The molecule has 1 aliphatic heterocycles. The average Bonchev–Trinajstić information content (AvgIpc) is 2.67. The molecule has 0 spiro atoms. The minimum absolute atomic E-state index is 0.00136. The van der Waals surface area contributed by atoms with Gasteiger partial charge >= 0.3 is 5.97 Å². The van der Waals surface area contributed by atoms with Gasteiger partial charge in [0.15, 0.2) is 6.61 Å². The highest BCUT2D eigenvalue weighted by Gasteiger charge is 2.22. The second-order valence-electron chi connectivity index (χ2n) is 5.91. The van der Waals surface area contributed by atoms with Crippen LogP contribution in [0.1, 0.15) is 28.4 Å². The number of anilines is 1. The highest BCUT2D eigenvalue weighted by atomic mass is 79.9. The van der Waals surface area contributed by atoms with Crippen molar-refractivity contribution in [1.29, 1.82) is 0 Å². The third kappa shape index (κ3) is 4.65. The van der Waals surface area contributed by atoms with Crippen LogP contribution >= 0.6 is 15.9 Å². The van der Waals surface area contributed by atoms with Gasteiger partial charge in [-0.1, -0.05) is 28.1 Å². The van der Waals surface area contributed by atoms with Crippen LogP contribution in [0.25, 0.3) is 0 Å². The van der Waals surface area contributed by atoms with Gasteiger partial charge in [-0.05, 0) is 35.9 Å². The fraction of sp³-hybridized carbons (Fsp3) is 0.211. The Bertz CT molecular complexity index is 882. The van der Waals surface area contributed by atoms with E-state index in [9.17, 15) is 14.4 Å². The summed E-state index contributed by atoms with van der Waals surface area (Å²) in [6, 6.07) is 11.5. The van der Waals surface area contributed by atoms with Crippen LogP contribution in [0.5, 0.6) is 5.75 Å². The Morgan fingerprint density at radius 3 is 2.70 bits per heavy atom. The van der Waals surface area contributed by atoms with Crippen LogP contribution in [-0.2, 0) is 14.3 Å². The summed E-state index contributed by atoms with van der Waals surface area (Å²) in [6.07, 6.45) is 0.00136. The number of amides is 2. The lowest BCUT2D eigenvalue weighted by Crippen LogP contribution is -2.31. The Morgan fingerprint density at radius 2 is 2.00 bits per heavy atom. The molecule has 3 rings (SSSR count). The van der Waals surface area contributed by atoms with E-state index in [2.05, 4.69) is 26.6 Å². The third-order valence-corrected chi connectivity index (χ3v) is 4.58. The zero-order chi connectivity index (χ0) is 19.4. The fourth-order valence-electron chi connectivity index (χ4n) is 2.65. The number of benzene rings is 2. The van der Waals surface area contributed by atoms with Gasteiger partial charge in [0.1, 0.15) is 5.75 Å². The standard InChI is InChI=1S/C19H17BrN2O5/c1-26-18(24)9-15(11-2-5-13(20)6-3-11)22-19(25)12-4-7-14-16(8-12)27-10-17(23)21-14/h2-8,15H,9-10H2,1H3,(H,21,23)(H,22,25)/t15-/m1/s1. The predicted molar refractivity (Wildman–Crippen MR) is 102 cm³/mol. The molecule has 0 radical (unpaired) electrons. The summed E-state index contributed by atoms with van der Waals surface area (Å²) >= 11 is 3.36. The van der Waals surface area contributed by atoms with Crippen molar-refractivity contribution in [3.05, 3.63) is 58.1 Å². The van der Waals surface area contributed by atoms with Crippen molar-refractivity contribution in [2.24, 2.45) is 0 Å². The molecular formula is C19H17BrN2O5. The van der Waals surface area contributed by atoms with Crippen LogP contribution in [0.4, 0.5) is 5.69 Å². The van der Waals surface area contributed by atoms with Gasteiger partial charge in [-0.25, -0.2) is 0 Å². The summed E-state index contributed by atoms with van der Waals surface area (Å²) in [5, 5.41) is 5.52. The number of hydrogen-bond acceptors (Lipinski definition) is 5. The van der Waals surface area contributed by atoms with E-state index in [1.807, 2.05) is 24.3 Å². The first-order chi connectivity index (χ1) is 13.0. The minimum Gasteiger partial charge on any atom is -0.482 e. The molecule has 140 valence electrons. The Labute approximate surface area is 164 Å². The van der Waals surface area contributed by atoms with E-state index in [1.165, 1.54) is 7.11 Å². The first kappa shape index (κ1) is 18.9. The van der Waals surface area contributed by atoms with E-state index >= 15 is 0 Å². The summed E-state index contributed by atoms with van der Waals surface area (Å²) in [5.74, 6) is -0.613. The zero-order valence-corrected chi connectivity index (χ0v) is 16.0. The van der Waals surface area contributed by atoms with E-state index in [0.29, 0.717) is 17.0 Å². The van der Waals surface area contributed by atoms with Crippen LogP contribution in [0.3, 0.4) is 0 Å². The number of esters is 1. The molecule has 0 saturated carbocycles. The van der Waals surface area contributed by atoms with E-state index in [1.54, 1.807) is 18.2 Å². The summed E-state index contributed by atoms with van der Waals surface area (Å²) in [6.45, 7) is -0.0953. The van der Waals surface area contributed by atoms with Crippen LogP contribution in [0, 0.1) is 0 Å². The molecule has 0 aliphatic carbocycles. The van der Waals surface area contributed by atoms with Gasteiger partial charge in [0.2, 0.25) is 0 Å². The maximum Gasteiger partial charge on any atom is 0.307 e. The average molecular weight is 433 g/mol. The summed E-state index contributed by atoms with van der Waals surface area (Å²) in [7, 11) is 1.30. The number of hydrogen-bond donors (Lipinski definition) is 2. The quantitative estimate of drug-likeness (QED) is 0.708. The van der Waals surface area contributed by atoms with E-state index < -0.39 is 12.0 Å². The largest absolute Gasteiger partial charge is 0.482 e. The molecule has 2 aromatic carbocycles. The van der Waals surface area contributed by atoms with Gasteiger partial charge in [-0.15, -0.1) is 0 Å². The molecule has 0 unspecified atom stereocenters. The number of ether oxygens (including phenoxy) is 2. The lowest BCUT2D eigenvalue weighted by atomic mass is 10.0. The highest BCUT2D eigenvalue weighted by Crippen LogP contribution is 2.29. The first-order valence-electron chi connectivity index (χ1n) is 8.16. The molecule has 0 aromatic heterocycles. The molecular weight excluding hydrogens is 416 g/mol. The highest BCUT2D eigenvalue weighted by molar-refractivity contribution is 9.10. The second-order valence-corrected chi connectivity index (χ2v) is 6.82. The molecule has 0 saturated heterocycles. The Hall–Kier alpha value is -2.87. The molecule has 7 nitrogen and oxygen atoms in total. The van der Waals surface area contributed by atoms with Crippen LogP contribution in [0.2, 0.25) is 0 Å². The maximum absolute atomic E-state index is 12.7. The van der Waals surface area contributed by atoms with Gasteiger partial charge in [0, 0.05) is 10.0 Å². The lowest BCUT2D eigenvalue weighted by molar-refractivity contribution is -0.141. The van der Waals surface area contributed by atoms with Gasteiger partial charge < -0.3 is 20.1 Å². The topological polar surface area (TPSA) is 93.7 Å². The molecule has 1 heterocycles. The predicted octanol–water partition coefficient (Wildman–Crippen LogP) is 2.81. The number of fused-ring (bicyclic) bond motifs is 1. The zero-order valence-electron chi connectivity index (χ0n) is 14.5. The van der Waals surface area contributed by atoms with Gasteiger partial charge in [0.25, 0.3) is 11.8 Å². The molecule has 8 heteroatoms. The van der Waals surface area contributed by atoms with Crippen molar-refractivity contribution >= 4 is 39.4 Å². The monoisotopic (exact) mass is 432 g/mol. The molecule has 2 amide bonds. The summed E-state index contributed by atoms with van der Waals surface area (Å²) in [5.41, 5.74) is 1.65. The summed E-state index contributed by atoms with van der Waals surface area (Å²) in [4.78, 5) is 35.8. The Kier molecular flexibility index (Phi) is 5.75. The molecule has 2 aromatic rings. The van der Waals surface area contributed by atoms with E-state index in [4.69, 9.17) is 9.47 Å². The maximum atomic E-state index is 12.7.